The van der Waals surface area contributed by atoms with Crippen molar-refractivity contribution in [3.63, 3.8) is 0 Å². The van der Waals surface area contributed by atoms with Crippen LogP contribution in [0.3, 0.4) is 0 Å². The number of nitrogens with zero attached hydrogens (tertiary/aromatic N) is 2. The molecule has 0 aliphatic carbocycles. The predicted molar refractivity (Wildman–Crippen MR) is 124 cm³/mol. The zero-order valence-corrected chi connectivity index (χ0v) is 19.9. The number of sulfone groups is 1. The van der Waals surface area contributed by atoms with Gasteiger partial charge in [0.05, 0.1) is 30.2 Å². The molecule has 1 aliphatic rings. The Bertz CT molecular complexity index is 780. The summed E-state index contributed by atoms with van der Waals surface area (Å²) in [6.45, 7) is 11.0. The maximum absolute atomic E-state index is 12.4. The number of likely N-dealkylation sites (tertiary alicyclic amines) is 1. The lowest BCUT2D eigenvalue weighted by Crippen LogP contribution is -2.42. The molecule has 1 heterocycles. The minimum atomic E-state index is -3.17. The van der Waals surface area contributed by atoms with E-state index in [0.29, 0.717) is 19.0 Å². The van der Waals surface area contributed by atoms with Gasteiger partial charge in [0, 0.05) is 13.1 Å². The van der Waals surface area contributed by atoms with E-state index < -0.39 is 14.6 Å². The van der Waals surface area contributed by atoms with Gasteiger partial charge in [-0.15, -0.1) is 0 Å². The van der Waals surface area contributed by atoms with Gasteiger partial charge in [0.25, 0.3) is 0 Å². The van der Waals surface area contributed by atoms with Crippen LogP contribution >= 0.6 is 0 Å². The fourth-order valence-electron chi connectivity index (χ4n) is 3.44. The zero-order valence-electron chi connectivity index (χ0n) is 19.1. The monoisotopic (exact) mass is 438 g/mol. The van der Waals surface area contributed by atoms with E-state index in [-0.39, 0.29) is 11.8 Å². The summed E-state index contributed by atoms with van der Waals surface area (Å²) in [7, 11) is -1.50. The summed E-state index contributed by atoms with van der Waals surface area (Å²) in [4.78, 5) is 7.26. The highest BCUT2D eigenvalue weighted by Crippen LogP contribution is 2.27. The highest BCUT2D eigenvalue weighted by Gasteiger charge is 2.28. The van der Waals surface area contributed by atoms with E-state index in [1.807, 2.05) is 19.1 Å². The lowest BCUT2D eigenvalue weighted by molar-refractivity contribution is 0.251. The van der Waals surface area contributed by atoms with Crippen molar-refractivity contribution in [3.05, 3.63) is 29.8 Å². The molecule has 1 aliphatic heterocycles. The Balaban J connectivity index is 2.09. The van der Waals surface area contributed by atoms with Gasteiger partial charge in [0.15, 0.2) is 15.8 Å². The molecular weight excluding hydrogens is 400 g/mol. The van der Waals surface area contributed by atoms with E-state index in [9.17, 15) is 8.42 Å². The Labute approximate surface area is 182 Å². The smallest absolute Gasteiger partial charge is 0.191 e. The molecule has 0 spiro atoms. The number of rotatable bonds is 9. The summed E-state index contributed by atoms with van der Waals surface area (Å²) in [6.07, 6.45) is 2.42. The third-order valence-electron chi connectivity index (χ3n) is 5.44. The van der Waals surface area contributed by atoms with Crippen molar-refractivity contribution < 1.29 is 13.2 Å². The first-order valence-electron chi connectivity index (χ1n) is 10.8. The van der Waals surface area contributed by atoms with Crippen LogP contribution in [0.15, 0.2) is 29.3 Å². The molecule has 170 valence electrons. The molecule has 0 aromatic heterocycles. The van der Waals surface area contributed by atoms with Crippen molar-refractivity contribution in [3.8, 4) is 5.75 Å². The largest absolute Gasteiger partial charge is 0.497 e. The van der Waals surface area contributed by atoms with Crippen LogP contribution in [0.25, 0.3) is 0 Å². The number of hydrogen-bond acceptors (Lipinski definition) is 5. The summed E-state index contributed by atoms with van der Waals surface area (Å²) in [5.74, 6) is 1.58. The summed E-state index contributed by atoms with van der Waals surface area (Å²) in [6, 6.07) is 8.37. The second kappa shape index (κ2) is 11.0. The topological polar surface area (TPSA) is 83.0 Å². The molecule has 2 rings (SSSR count). The molecule has 30 heavy (non-hydrogen) atoms. The van der Waals surface area contributed by atoms with Gasteiger partial charge in [-0.25, -0.2) is 8.42 Å². The molecule has 2 N–H and O–H groups in total. The normalized spacial score (nSPS) is 17.0. The molecule has 1 unspecified atom stereocenters. The second-order valence-corrected chi connectivity index (χ2v) is 11.5. The minimum Gasteiger partial charge on any atom is -0.497 e. The minimum absolute atomic E-state index is 0.0783. The van der Waals surface area contributed by atoms with Gasteiger partial charge >= 0.3 is 0 Å². The molecule has 0 amide bonds. The molecule has 0 bridgehead atoms. The first-order chi connectivity index (χ1) is 14.2. The molecule has 1 aromatic rings. The SMILES string of the molecule is CCNC(=NCC(c1ccc(OC)cc1)N1CCCC1)NCCS(=O)(=O)C(C)(C)C. The van der Waals surface area contributed by atoms with Gasteiger partial charge in [-0.2, -0.15) is 0 Å². The molecule has 1 saturated heterocycles. The lowest BCUT2D eigenvalue weighted by atomic mass is 10.1. The Morgan fingerprint density at radius 2 is 1.80 bits per heavy atom. The Morgan fingerprint density at radius 1 is 1.17 bits per heavy atom. The number of hydrogen-bond donors (Lipinski definition) is 2. The van der Waals surface area contributed by atoms with Crippen molar-refractivity contribution in [2.75, 3.05) is 45.6 Å². The number of nitrogens with one attached hydrogen (secondary N) is 2. The van der Waals surface area contributed by atoms with Crippen LogP contribution in [-0.2, 0) is 9.84 Å². The zero-order chi connectivity index (χ0) is 22.2. The van der Waals surface area contributed by atoms with Crippen LogP contribution in [0, 0.1) is 0 Å². The van der Waals surface area contributed by atoms with Crippen LogP contribution in [0.2, 0.25) is 0 Å². The third-order valence-corrected chi connectivity index (χ3v) is 8.05. The fraction of sp³-hybridized carbons (Fsp3) is 0.682. The predicted octanol–water partition coefficient (Wildman–Crippen LogP) is 2.60. The molecule has 1 aromatic carbocycles. The van der Waals surface area contributed by atoms with Crippen LogP contribution in [-0.4, -0.2) is 69.6 Å². The summed E-state index contributed by atoms with van der Waals surface area (Å²) >= 11 is 0. The van der Waals surface area contributed by atoms with Gasteiger partial charge in [-0.1, -0.05) is 12.1 Å². The van der Waals surface area contributed by atoms with Crippen LogP contribution < -0.4 is 15.4 Å². The summed E-state index contributed by atoms with van der Waals surface area (Å²) < 4.78 is 29.2. The van der Waals surface area contributed by atoms with Gasteiger partial charge in [0.1, 0.15) is 5.75 Å². The number of aliphatic imine (C=N–C) groups is 1. The van der Waals surface area contributed by atoms with E-state index in [0.717, 1.165) is 25.4 Å². The molecule has 7 nitrogen and oxygen atoms in total. The first kappa shape index (κ1) is 24.5. The highest BCUT2D eigenvalue weighted by molar-refractivity contribution is 7.92. The number of benzene rings is 1. The molecule has 0 saturated carbocycles. The third kappa shape index (κ3) is 6.87. The Kier molecular flexibility index (Phi) is 8.97. The average Bonchev–Trinajstić information content (AvgIpc) is 3.22. The maximum Gasteiger partial charge on any atom is 0.191 e. The van der Waals surface area contributed by atoms with E-state index in [1.165, 1.54) is 18.4 Å². The van der Waals surface area contributed by atoms with E-state index >= 15 is 0 Å². The van der Waals surface area contributed by atoms with Crippen LogP contribution in [0.1, 0.15) is 52.1 Å². The van der Waals surface area contributed by atoms with E-state index in [2.05, 4.69) is 27.7 Å². The average molecular weight is 439 g/mol. The van der Waals surface area contributed by atoms with Gasteiger partial charge in [-0.3, -0.25) is 9.89 Å². The Morgan fingerprint density at radius 3 is 2.33 bits per heavy atom. The van der Waals surface area contributed by atoms with Gasteiger partial charge in [0.2, 0.25) is 0 Å². The van der Waals surface area contributed by atoms with Gasteiger partial charge in [-0.05, 0) is 71.3 Å². The molecular formula is C22H38N4O3S. The van der Waals surface area contributed by atoms with E-state index in [4.69, 9.17) is 9.73 Å². The standard InChI is InChI=1S/C22H38N4O3S/c1-6-23-21(24-13-16-30(27,28)22(2,3)4)25-17-20(26-14-7-8-15-26)18-9-11-19(29-5)12-10-18/h9-12,20H,6-8,13-17H2,1-5H3,(H2,23,24,25). The lowest BCUT2D eigenvalue weighted by Gasteiger charge is -2.27. The van der Waals surface area contributed by atoms with Crippen molar-refractivity contribution >= 4 is 15.8 Å². The van der Waals surface area contributed by atoms with Crippen LogP contribution in [0.4, 0.5) is 0 Å². The van der Waals surface area contributed by atoms with Crippen molar-refractivity contribution in [2.45, 2.75) is 51.3 Å². The number of ether oxygens (including phenoxy) is 1. The molecule has 1 fully saturated rings. The molecule has 1 atom stereocenters. The fourth-order valence-corrected chi connectivity index (χ4v) is 4.42. The van der Waals surface area contributed by atoms with Crippen molar-refractivity contribution in [1.82, 2.24) is 15.5 Å². The van der Waals surface area contributed by atoms with Crippen LogP contribution in [0.5, 0.6) is 5.75 Å². The molecule has 8 heteroatoms. The summed E-state index contributed by atoms with van der Waals surface area (Å²) in [5, 5.41) is 6.41. The maximum atomic E-state index is 12.4. The first-order valence-corrected chi connectivity index (χ1v) is 12.5. The van der Waals surface area contributed by atoms with Gasteiger partial charge < -0.3 is 15.4 Å². The highest BCUT2D eigenvalue weighted by atomic mass is 32.2. The summed E-state index contributed by atoms with van der Waals surface area (Å²) in [5.41, 5.74) is 1.22. The number of methoxy groups -OCH3 is 1. The Hall–Kier alpha value is -1.80. The molecule has 0 radical (unpaired) electrons. The second-order valence-electron chi connectivity index (χ2n) is 8.61. The quantitative estimate of drug-likeness (QED) is 0.456. The number of guanidine groups is 1. The van der Waals surface area contributed by atoms with E-state index in [1.54, 1.807) is 27.9 Å². The van der Waals surface area contributed by atoms with Crippen molar-refractivity contribution in [2.24, 2.45) is 4.99 Å². The van der Waals surface area contributed by atoms with Crippen molar-refractivity contribution in [1.29, 1.82) is 0 Å².